The van der Waals surface area contributed by atoms with Gasteiger partial charge in [-0.3, -0.25) is 9.89 Å². The van der Waals surface area contributed by atoms with Crippen molar-refractivity contribution in [2.45, 2.75) is 13.8 Å². The number of H-pyrrole nitrogens is 1. The molecule has 0 aliphatic heterocycles. The van der Waals surface area contributed by atoms with Crippen molar-refractivity contribution in [3.05, 3.63) is 41.6 Å². The number of carbonyl (C=O) groups excluding carboxylic acids is 1. The van der Waals surface area contributed by atoms with Crippen molar-refractivity contribution in [2.24, 2.45) is 5.73 Å². The quantitative estimate of drug-likeness (QED) is 0.736. The van der Waals surface area contributed by atoms with Crippen LogP contribution in [0.4, 0.5) is 0 Å². The van der Waals surface area contributed by atoms with Gasteiger partial charge in [0.2, 0.25) is 0 Å². The van der Waals surface area contributed by atoms with Crippen molar-refractivity contribution in [1.29, 1.82) is 0 Å². The molecular formula is C13H13N7O. The first-order chi connectivity index (χ1) is 10.1. The van der Waals surface area contributed by atoms with Gasteiger partial charge >= 0.3 is 0 Å². The van der Waals surface area contributed by atoms with Gasteiger partial charge in [0.15, 0.2) is 0 Å². The van der Waals surface area contributed by atoms with Crippen LogP contribution in [0.2, 0.25) is 0 Å². The predicted octanol–water partition coefficient (Wildman–Crippen LogP) is 0.768. The number of nitrogens with zero attached hydrogens (tertiary/aromatic N) is 5. The van der Waals surface area contributed by atoms with Crippen LogP contribution in [-0.4, -0.2) is 36.1 Å². The standard InChI is InChI=1S/C13H13N7O/c1-7-11(12-10(13(14)21)6-17-18-12)8(2)20(19-7)9-3-4-15-16-5-9/h3-6H,1-2H3,(H2,14,21)(H,17,18). The van der Waals surface area contributed by atoms with Gasteiger partial charge in [0.25, 0.3) is 5.91 Å². The molecule has 0 aromatic carbocycles. The molecule has 0 saturated heterocycles. The molecule has 8 nitrogen and oxygen atoms in total. The number of amides is 1. The monoisotopic (exact) mass is 283 g/mol. The summed E-state index contributed by atoms with van der Waals surface area (Å²) in [6.07, 6.45) is 4.63. The lowest BCUT2D eigenvalue weighted by atomic mass is 10.1. The molecule has 1 amide bonds. The highest BCUT2D eigenvalue weighted by Crippen LogP contribution is 2.29. The van der Waals surface area contributed by atoms with Gasteiger partial charge < -0.3 is 5.73 Å². The third kappa shape index (κ3) is 2.06. The normalized spacial score (nSPS) is 10.8. The Morgan fingerprint density at radius 3 is 2.76 bits per heavy atom. The minimum atomic E-state index is -0.532. The van der Waals surface area contributed by atoms with E-state index in [2.05, 4.69) is 25.5 Å². The number of hydrogen-bond acceptors (Lipinski definition) is 5. The third-order valence-electron chi connectivity index (χ3n) is 3.26. The van der Waals surface area contributed by atoms with Crippen LogP contribution in [0.25, 0.3) is 16.9 Å². The molecular weight excluding hydrogens is 270 g/mol. The van der Waals surface area contributed by atoms with E-state index in [9.17, 15) is 4.79 Å². The van der Waals surface area contributed by atoms with Crippen LogP contribution < -0.4 is 5.73 Å². The summed E-state index contributed by atoms with van der Waals surface area (Å²) in [5.41, 5.74) is 9.49. The van der Waals surface area contributed by atoms with Gasteiger partial charge in [0.05, 0.1) is 46.9 Å². The maximum absolute atomic E-state index is 11.5. The molecule has 0 atom stereocenters. The summed E-state index contributed by atoms with van der Waals surface area (Å²) in [5.74, 6) is -0.532. The molecule has 21 heavy (non-hydrogen) atoms. The molecule has 0 radical (unpaired) electrons. The molecule has 0 saturated carbocycles. The van der Waals surface area contributed by atoms with E-state index in [0.29, 0.717) is 11.3 Å². The lowest BCUT2D eigenvalue weighted by molar-refractivity contribution is 0.100. The highest BCUT2D eigenvalue weighted by molar-refractivity contribution is 5.99. The Hall–Kier alpha value is -3.03. The van der Waals surface area contributed by atoms with Crippen molar-refractivity contribution < 1.29 is 4.79 Å². The van der Waals surface area contributed by atoms with Crippen molar-refractivity contribution in [1.82, 2.24) is 30.2 Å². The summed E-state index contributed by atoms with van der Waals surface area (Å²) in [5, 5.41) is 18.8. The van der Waals surface area contributed by atoms with Crippen LogP contribution in [0, 0.1) is 13.8 Å². The minimum absolute atomic E-state index is 0.341. The maximum Gasteiger partial charge on any atom is 0.252 e. The first kappa shape index (κ1) is 13.0. The first-order valence-corrected chi connectivity index (χ1v) is 6.26. The van der Waals surface area contributed by atoms with Gasteiger partial charge in [-0.25, -0.2) is 4.68 Å². The van der Waals surface area contributed by atoms with E-state index in [1.165, 1.54) is 6.20 Å². The Balaban J connectivity index is 2.19. The largest absolute Gasteiger partial charge is 0.365 e. The second kappa shape index (κ2) is 4.82. The summed E-state index contributed by atoms with van der Waals surface area (Å²) in [7, 11) is 0. The highest BCUT2D eigenvalue weighted by atomic mass is 16.1. The number of nitrogens with one attached hydrogen (secondary N) is 1. The van der Waals surface area contributed by atoms with E-state index in [1.54, 1.807) is 23.1 Å². The van der Waals surface area contributed by atoms with Gasteiger partial charge in [-0.2, -0.15) is 20.4 Å². The second-order valence-electron chi connectivity index (χ2n) is 4.58. The number of nitrogens with two attached hydrogens (primary N) is 1. The Labute approximate surface area is 120 Å². The zero-order valence-corrected chi connectivity index (χ0v) is 11.5. The number of aryl methyl sites for hydroxylation is 1. The molecule has 0 spiro atoms. The van der Waals surface area contributed by atoms with Gasteiger partial charge in [-0.05, 0) is 19.9 Å². The van der Waals surface area contributed by atoms with Crippen LogP contribution >= 0.6 is 0 Å². The van der Waals surface area contributed by atoms with Gasteiger partial charge in [0.1, 0.15) is 0 Å². The molecule has 8 heteroatoms. The molecule has 3 rings (SSSR count). The molecule has 0 unspecified atom stereocenters. The van der Waals surface area contributed by atoms with Crippen molar-refractivity contribution in [3.8, 4) is 16.9 Å². The molecule has 0 bridgehead atoms. The van der Waals surface area contributed by atoms with Crippen LogP contribution in [0.15, 0.2) is 24.7 Å². The minimum Gasteiger partial charge on any atom is -0.365 e. The predicted molar refractivity (Wildman–Crippen MR) is 74.7 cm³/mol. The molecule has 3 N–H and O–H groups in total. The van der Waals surface area contributed by atoms with E-state index in [4.69, 9.17) is 5.73 Å². The fraction of sp³-hybridized carbons (Fsp3) is 0.154. The summed E-state index contributed by atoms with van der Waals surface area (Å²) >= 11 is 0. The Kier molecular flexibility index (Phi) is 2.98. The van der Waals surface area contributed by atoms with Crippen LogP contribution in [-0.2, 0) is 0 Å². The van der Waals surface area contributed by atoms with Crippen LogP contribution in [0.3, 0.4) is 0 Å². The zero-order chi connectivity index (χ0) is 15.0. The smallest absolute Gasteiger partial charge is 0.252 e. The number of carbonyl (C=O) groups is 1. The number of aromatic nitrogens is 6. The van der Waals surface area contributed by atoms with E-state index in [1.807, 2.05) is 13.8 Å². The number of hydrogen-bond donors (Lipinski definition) is 2. The number of rotatable bonds is 3. The van der Waals surface area contributed by atoms with Gasteiger partial charge in [-0.1, -0.05) is 0 Å². The topological polar surface area (TPSA) is 115 Å². The fourth-order valence-corrected chi connectivity index (χ4v) is 2.33. The fourth-order valence-electron chi connectivity index (χ4n) is 2.33. The SMILES string of the molecule is Cc1nn(-c2ccnnc2)c(C)c1-c1[nH]ncc1C(N)=O. The highest BCUT2D eigenvalue weighted by Gasteiger charge is 2.21. The molecule has 3 aromatic heterocycles. The lowest BCUT2D eigenvalue weighted by Crippen LogP contribution is -2.11. The van der Waals surface area contributed by atoms with E-state index >= 15 is 0 Å². The van der Waals surface area contributed by atoms with E-state index in [0.717, 1.165) is 22.6 Å². The zero-order valence-electron chi connectivity index (χ0n) is 11.5. The molecule has 106 valence electrons. The van der Waals surface area contributed by atoms with Crippen molar-refractivity contribution in [2.75, 3.05) is 0 Å². The summed E-state index contributed by atoms with van der Waals surface area (Å²) < 4.78 is 1.74. The summed E-state index contributed by atoms with van der Waals surface area (Å²) in [6, 6.07) is 1.80. The Bertz CT molecular complexity index is 803. The average Bonchev–Trinajstić information content (AvgIpc) is 3.04. The van der Waals surface area contributed by atoms with E-state index < -0.39 is 5.91 Å². The third-order valence-corrected chi connectivity index (χ3v) is 3.26. The Morgan fingerprint density at radius 2 is 2.10 bits per heavy atom. The van der Waals surface area contributed by atoms with Gasteiger partial charge in [-0.15, -0.1) is 0 Å². The maximum atomic E-state index is 11.5. The molecule has 0 aliphatic carbocycles. The average molecular weight is 283 g/mol. The Morgan fingerprint density at radius 1 is 1.29 bits per heavy atom. The molecule has 0 aliphatic rings. The summed E-state index contributed by atoms with van der Waals surface area (Å²) in [6.45, 7) is 3.76. The second-order valence-corrected chi connectivity index (χ2v) is 4.58. The first-order valence-electron chi connectivity index (χ1n) is 6.26. The number of aromatic amines is 1. The molecule has 0 fully saturated rings. The van der Waals surface area contributed by atoms with Crippen LogP contribution in [0.1, 0.15) is 21.7 Å². The van der Waals surface area contributed by atoms with Crippen molar-refractivity contribution >= 4 is 5.91 Å². The van der Waals surface area contributed by atoms with Gasteiger partial charge in [0, 0.05) is 5.56 Å². The lowest BCUT2D eigenvalue weighted by Gasteiger charge is -2.04. The molecule has 3 heterocycles. The summed E-state index contributed by atoms with van der Waals surface area (Å²) in [4.78, 5) is 11.5. The van der Waals surface area contributed by atoms with Crippen LogP contribution in [0.5, 0.6) is 0 Å². The molecule has 3 aromatic rings. The van der Waals surface area contributed by atoms with E-state index in [-0.39, 0.29) is 0 Å². The number of primary amides is 1. The van der Waals surface area contributed by atoms with Crippen molar-refractivity contribution in [3.63, 3.8) is 0 Å².